The summed E-state index contributed by atoms with van der Waals surface area (Å²) in [6, 6.07) is 18.5. The molecule has 0 amide bonds. The monoisotopic (exact) mass is 398 g/mol. The molecule has 3 rings (SSSR count). The van der Waals surface area contributed by atoms with Gasteiger partial charge in [-0.15, -0.1) is 9.24 Å². The molecule has 0 fully saturated rings. The van der Waals surface area contributed by atoms with Gasteiger partial charge in [-0.25, -0.2) is 0 Å². The molecule has 2 aromatic carbocycles. The third-order valence-electron chi connectivity index (χ3n) is 5.80. The standard InChI is InChI=1S/C25H36P2/c1-24(2,3)15-22(20-13-9-7-11-18(20)16-26)23-21-14-10-8-12-19(21)17-27(23)25(4,5)6/h7-14,22-23H,15-17,26H2,1-6H3/t22-,23-,27?/m0/s1. The number of hydrogen-bond acceptors (Lipinski definition) is 0. The molecule has 0 saturated heterocycles. The van der Waals surface area contributed by atoms with Crippen LogP contribution in [0.15, 0.2) is 48.5 Å². The summed E-state index contributed by atoms with van der Waals surface area (Å²) < 4.78 is 0. The van der Waals surface area contributed by atoms with Crippen LogP contribution in [0.1, 0.15) is 81.8 Å². The Morgan fingerprint density at radius 2 is 1.59 bits per heavy atom. The predicted molar refractivity (Wildman–Crippen MR) is 126 cm³/mol. The Balaban J connectivity index is 2.17. The summed E-state index contributed by atoms with van der Waals surface area (Å²) in [7, 11) is 2.83. The van der Waals surface area contributed by atoms with E-state index in [0.717, 1.165) is 6.16 Å². The molecule has 0 aromatic heterocycles. The first-order chi connectivity index (χ1) is 12.6. The van der Waals surface area contributed by atoms with Crippen LogP contribution in [0.4, 0.5) is 0 Å². The fourth-order valence-electron chi connectivity index (χ4n) is 4.64. The second-order valence-electron chi connectivity index (χ2n) is 10.2. The van der Waals surface area contributed by atoms with E-state index < -0.39 is 0 Å². The fourth-order valence-corrected chi connectivity index (χ4v) is 8.46. The molecular formula is C25H36P2. The van der Waals surface area contributed by atoms with E-state index >= 15 is 0 Å². The van der Waals surface area contributed by atoms with Crippen LogP contribution in [0.5, 0.6) is 0 Å². The molecule has 0 nitrogen and oxygen atoms in total. The zero-order valence-corrected chi connectivity index (χ0v) is 20.0. The maximum Gasteiger partial charge on any atom is 0.0121 e. The average molecular weight is 399 g/mol. The summed E-state index contributed by atoms with van der Waals surface area (Å²) in [4.78, 5) is 0. The maximum absolute atomic E-state index is 2.95. The van der Waals surface area contributed by atoms with Gasteiger partial charge >= 0.3 is 0 Å². The van der Waals surface area contributed by atoms with Gasteiger partial charge in [0.05, 0.1) is 0 Å². The molecule has 1 aliphatic heterocycles. The van der Waals surface area contributed by atoms with Gasteiger partial charge in [-0.2, -0.15) is 0 Å². The van der Waals surface area contributed by atoms with Crippen molar-refractivity contribution in [2.45, 2.75) is 77.0 Å². The van der Waals surface area contributed by atoms with E-state index in [9.17, 15) is 0 Å². The largest absolute Gasteiger partial charge is 0.133 e. The van der Waals surface area contributed by atoms with Gasteiger partial charge in [-0.1, -0.05) is 98.0 Å². The van der Waals surface area contributed by atoms with Gasteiger partial charge in [-0.3, -0.25) is 0 Å². The third kappa shape index (κ3) is 4.66. The van der Waals surface area contributed by atoms with E-state index in [4.69, 9.17) is 0 Å². The van der Waals surface area contributed by atoms with Crippen molar-refractivity contribution < 1.29 is 0 Å². The summed E-state index contributed by atoms with van der Waals surface area (Å²) in [5.41, 5.74) is 7.30. The lowest BCUT2D eigenvalue weighted by Crippen LogP contribution is -2.22. The second-order valence-corrected chi connectivity index (χ2v) is 13.8. The van der Waals surface area contributed by atoms with Crippen molar-refractivity contribution in [2.75, 3.05) is 0 Å². The Morgan fingerprint density at radius 3 is 2.22 bits per heavy atom. The lowest BCUT2D eigenvalue weighted by atomic mass is 9.77. The highest BCUT2D eigenvalue weighted by atomic mass is 31.1. The third-order valence-corrected chi connectivity index (χ3v) is 9.95. The molecular weight excluding hydrogens is 362 g/mol. The number of hydrogen-bond donors (Lipinski definition) is 0. The van der Waals surface area contributed by atoms with Crippen molar-refractivity contribution in [2.24, 2.45) is 5.41 Å². The molecule has 0 radical (unpaired) electrons. The molecule has 146 valence electrons. The van der Waals surface area contributed by atoms with Crippen LogP contribution in [-0.2, 0) is 12.3 Å². The van der Waals surface area contributed by atoms with E-state index in [2.05, 4.69) is 99.3 Å². The molecule has 1 heterocycles. The zero-order valence-electron chi connectivity index (χ0n) is 17.9. The van der Waals surface area contributed by atoms with Crippen LogP contribution in [0, 0.1) is 5.41 Å². The first-order valence-corrected chi connectivity index (χ1v) is 12.7. The van der Waals surface area contributed by atoms with Gasteiger partial charge in [0, 0.05) is 5.66 Å². The minimum Gasteiger partial charge on any atom is -0.133 e. The summed E-state index contributed by atoms with van der Waals surface area (Å²) >= 11 is 0. The van der Waals surface area contributed by atoms with Gasteiger partial charge in [0.1, 0.15) is 0 Å². The van der Waals surface area contributed by atoms with Gasteiger partial charge in [0.25, 0.3) is 0 Å². The molecule has 4 atom stereocenters. The Hall–Kier alpha value is -0.700. The molecule has 1 aliphatic rings. The summed E-state index contributed by atoms with van der Waals surface area (Å²) in [6.07, 6.45) is 3.56. The zero-order chi connectivity index (χ0) is 19.8. The van der Waals surface area contributed by atoms with Crippen LogP contribution in [0.3, 0.4) is 0 Å². The highest BCUT2D eigenvalue weighted by Gasteiger charge is 2.44. The average Bonchev–Trinajstić information content (AvgIpc) is 2.99. The highest BCUT2D eigenvalue weighted by Crippen LogP contribution is 2.72. The Labute approximate surface area is 170 Å². The van der Waals surface area contributed by atoms with Crippen molar-refractivity contribution in [3.63, 3.8) is 0 Å². The SMILES string of the molecule is CC(C)(C)C[C@@H](c1ccccc1CP)[C@@H]1c2ccccc2CP1C(C)(C)C. The van der Waals surface area contributed by atoms with Crippen LogP contribution >= 0.6 is 17.2 Å². The summed E-state index contributed by atoms with van der Waals surface area (Å²) in [6.45, 7) is 14.6. The van der Waals surface area contributed by atoms with E-state index in [1.807, 2.05) is 0 Å². The van der Waals surface area contributed by atoms with Crippen molar-refractivity contribution in [3.05, 3.63) is 70.8 Å². The van der Waals surface area contributed by atoms with Crippen LogP contribution in [0.2, 0.25) is 0 Å². The van der Waals surface area contributed by atoms with E-state index in [1.165, 1.54) is 18.1 Å². The lowest BCUT2D eigenvalue weighted by molar-refractivity contribution is 0.334. The van der Waals surface area contributed by atoms with Crippen molar-refractivity contribution in [1.82, 2.24) is 0 Å². The Morgan fingerprint density at radius 1 is 0.963 bits per heavy atom. The van der Waals surface area contributed by atoms with E-state index in [1.54, 1.807) is 16.7 Å². The van der Waals surface area contributed by atoms with Gasteiger partial charge in [0.15, 0.2) is 0 Å². The molecule has 0 saturated carbocycles. The first kappa shape index (κ1) is 21.0. The van der Waals surface area contributed by atoms with Crippen LogP contribution < -0.4 is 0 Å². The fraction of sp³-hybridized carbons (Fsp3) is 0.520. The molecule has 2 unspecified atom stereocenters. The molecule has 0 bridgehead atoms. The second kappa shape index (κ2) is 7.97. The molecule has 27 heavy (non-hydrogen) atoms. The van der Waals surface area contributed by atoms with E-state index in [0.29, 0.717) is 22.1 Å². The molecule has 2 heteroatoms. The topological polar surface area (TPSA) is 0 Å². The summed E-state index contributed by atoms with van der Waals surface area (Å²) in [5, 5.41) is 0.366. The number of fused-ring (bicyclic) bond motifs is 1. The predicted octanol–water partition coefficient (Wildman–Crippen LogP) is 8.12. The van der Waals surface area contributed by atoms with Crippen molar-refractivity contribution in [3.8, 4) is 0 Å². The van der Waals surface area contributed by atoms with Gasteiger partial charge in [-0.05, 0) is 57.5 Å². The Kier molecular flexibility index (Phi) is 6.20. The minimum absolute atomic E-state index is 0.117. The smallest absolute Gasteiger partial charge is 0.0121 e. The van der Waals surface area contributed by atoms with Crippen molar-refractivity contribution in [1.29, 1.82) is 0 Å². The van der Waals surface area contributed by atoms with Crippen LogP contribution in [0.25, 0.3) is 0 Å². The Bertz CT molecular complexity index is 779. The van der Waals surface area contributed by atoms with Crippen LogP contribution in [-0.4, -0.2) is 5.16 Å². The lowest BCUT2D eigenvalue weighted by Gasteiger charge is -2.40. The minimum atomic E-state index is -0.117. The number of benzene rings is 2. The number of rotatable bonds is 4. The van der Waals surface area contributed by atoms with Crippen molar-refractivity contribution >= 4 is 17.2 Å². The normalized spacial score (nSPS) is 21.1. The molecule has 0 spiro atoms. The molecule has 2 aromatic rings. The first-order valence-electron chi connectivity index (χ1n) is 10.2. The van der Waals surface area contributed by atoms with Gasteiger partial charge < -0.3 is 0 Å². The van der Waals surface area contributed by atoms with E-state index in [-0.39, 0.29) is 7.92 Å². The molecule has 0 N–H and O–H groups in total. The summed E-state index contributed by atoms with van der Waals surface area (Å²) in [5.74, 6) is 0.593. The molecule has 0 aliphatic carbocycles. The highest BCUT2D eigenvalue weighted by molar-refractivity contribution is 7.59. The van der Waals surface area contributed by atoms with Gasteiger partial charge in [0.2, 0.25) is 0 Å². The quantitative estimate of drug-likeness (QED) is 0.456. The maximum atomic E-state index is 2.95.